The van der Waals surface area contributed by atoms with E-state index in [0.29, 0.717) is 36.3 Å². The molecule has 0 bridgehead atoms. The first-order valence-electron chi connectivity index (χ1n) is 12.9. The van der Waals surface area contributed by atoms with Crippen molar-refractivity contribution >= 4 is 12.8 Å². The summed E-state index contributed by atoms with van der Waals surface area (Å²) >= 11 is 0. The Bertz CT molecular complexity index is 987. The molecule has 0 saturated heterocycles. The van der Waals surface area contributed by atoms with Crippen molar-refractivity contribution in [2.45, 2.75) is 70.0 Å². The molecule has 1 aliphatic rings. The largest absolute Gasteiger partial charge is 0.497 e. The quantitative estimate of drug-likeness (QED) is 0.264. The van der Waals surface area contributed by atoms with E-state index in [2.05, 4.69) is 27.4 Å². The summed E-state index contributed by atoms with van der Waals surface area (Å²) < 4.78 is 51.0. The van der Waals surface area contributed by atoms with Crippen molar-refractivity contribution in [3.8, 4) is 11.4 Å². The van der Waals surface area contributed by atoms with Gasteiger partial charge in [0.1, 0.15) is 11.4 Å². The molecule has 1 aromatic carbocycles. The monoisotopic (exact) mass is 540 g/mol. The number of aldehydes is 1. The zero-order chi connectivity index (χ0) is 28.0. The molecule has 8 nitrogen and oxygen atoms in total. The number of ether oxygens (including phenoxy) is 2. The number of carbonyl (C=O) groups is 2. The molecule has 0 unspecified atom stereocenters. The Morgan fingerprint density at radius 1 is 1.03 bits per heavy atom. The third-order valence-corrected chi connectivity index (χ3v) is 6.66. The second-order valence-electron chi connectivity index (χ2n) is 9.52. The van der Waals surface area contributed by atoms with E-state index in [9.17, 15) is 18.0 Å². The summed E-state index contributed by atoms with van der Waals surface area (Å²) in [6, 6.07) is 6.37. The van der Waals surface area contributed by atoms with Crippen molar-refractivity contribution in [1.82, 2.24) is 20.4 Å². The van der Waals surface area contributed by atoms with Gasteiger partial charge in [0, 0.05) is 11.1 Å². The Labute approximate surface area is 222 Å². The van der Waals surface area contributed by atoms with E-state index in [4.69, 9.17) is 9.53 Å². The Morgan fingerprint density at radius 3 is 2.21 bits per heavy atom. The number of hydrogen-bond acceptors (Lipinski definition) is 7. The molecular weight excluding hydrogens is 501 g/mol. The lowest BCUT2D eigenvalue weighted by Gasteiger charge is -2.25. The zero-order valence-corrected chi connectivity index (χ0v) is 22.4. The van der Waals surface area contributed by atoms with Crippen LogP contribution in [0.2, 0.25) is 0 Å². The number of aromatic nitrogens is 2. The summed E-state index contributed by atoms with van der Waals surface area (Å²) in [4.78, 5) is 20.7. The van der Waals surface area contributed by atoms with Crippen LogP contribution in [-0.2, 0) is 22.1 Å². The molecule has 212 valence electrons. The molecule has 1 aliphatic carbocycles. The summed E-state index contributed by atoms with van der Waals surface area (Å²) in [7, 11) is 2.81. The van der Waals surface area contributed by atoms with Crippen LogP contribution in [0.1, 0.15) is 73.6 Å². The number of benzene rings is 1. The van der Waals surface area contributed by atoms with Crippen molar-refractivity contribution in [2.24, 2.45) is 0 Å². The van der Waals surface area contributed by atoms with Crippen LogP contribution < -0.4 is 15.4 Å². The van der Waals surface area contributed by atoms with Gasteiger partial charge in [-0.15, -0.1) is 0 Å². The lowest BCUT2D eigenvalue weighted by atomic mass is 10.0. The van der Waals surface area contributed by atoms with Crippen molar-refractivity contribution in [1.29, 1.82) is 0 Å². The topological polar surface area (TPSA) is 94.5 Å². The Kier molecular flexibility index (Phi) is 12.8. The Balaban J connectivity index is 0.00000118. The van der Waals surface area contributed by atoms with Crippen LogP contribution in [0.25, 0.3) is 5.69 Å². The van der Waals surface area contributed by atoms with E-state index in [-0.39, 0.29) is 17.7 Å². The van der Waals surface area contributed by atoms with E-state index in [1.54, 1.807) is 24.3 Å². The van der Waals surface area contributed by atoms with Crippen LogP contribution in [-0.4, -0.2) is 61.9 Å². The van der Waals surface area contributed by atoms with Crippen molar-refractivity contribution in [3.63, 3.8) is 0 Å². The minimum Gasteiger partial charge on any atom is -0.497 e. The standard InChI is InChI=1S/C25H35F3N4O2.C2H4O2/c1-24(13-4-5-14-24)30-16-7-3-6-15-29-17-12-21-22(18-33)32(31-23(21)25(26,27)28)19-8-10-20(34-2)11-9-19;1-4-2-3/h8-11,18,29-30H,3-7,12-17H2,1-2H3;2H,1H3. The minimum atomic E-state index is -4.65. The number of hydrogen-bond donors (Lipinski definition) is 2. The summed E-state index contributed by atoms with van der Waals surface area (Å²) in [5, 5.41) is 10.6. The molecule has 0 radical (unpaired) electrons. The summed E-state index contributed by atoms with van der Waals surface area (Å²) in [6.45, 7) is 4.73. The molecule has 11 heteroatoms. The number of nitrogens with zero attached hydrogens (tertiary/aromatic N) is 2. The minimum absolute atomic E-state index is 0.0684. The van der Waals surface area contributed by atoms with Gasteiger partial charge in [-0.05, 0) is 82.9 Å². The smallest absolute Gasteiger partial charge is 0.435 e. The number of halogens is 3. The first-order chi connectivity index (χ1) is 18.2. The number of alkyl halides is 3. The van der Waals surface area contributed by atoms with Crippen molar-refractivity contribution < 1.29 is 32.2 Å². The second kappa shape index (κ2) is 15.5. The van der Waals surface area contributed by atoms with E-state index in [1.165, 1.54) is 39.9 Å². The highest BCUT2D eigenvalue weighted by Crippen LogP contribution is 2.33. The molecule has 38 heavy (non-hydrogen) atoms. The van der Waals surface area contributed by atoms with Gasteiger partial charge in [-0.25, -0.2) is 4.68 Å². The highest BCUT2D eigenvalue weighted by atomic mass is 19.4. The van der Waals surface area contributed by atoms with E-state index >= 15 is 0 Å². The van der Waals surface area contributed by atoms with Crippen LogP contribution in [0.4, 0.5) is 13.2 Å². The maximum atomic E-state index is 13.7. The second-order valence-corrected chi connectivity index (χ2v) is 9.52. The van der Waals surface area contributed by atoms with Crippen LogP contribution >= 0.6 is 0 Å². The molecule has 0 spiro atoms. The fraction of sp³-hybridized carbons (Fsp3) is 0.593. The van der Waals surface area contributed by atoms with Crippen LogP contribution in [0, 0.1) is 0 Å². The molecule has 0 amide bonds. The summed E-state index contributed by atoms with van der Waals surface area (Å²) in [5.74, 6) is 0.563. The lowest BCUT2D eigenvalue weighted by Crippen LogP contribution is -2.39. The van der Waals surface area contributed by atoms with Crippen molar-refractivity contribution in [3.05, 3.63) is 41.2 Å². The number of rotatable bonds is 14. The Morgan fingerprint density at radius 2 is 1.66 bits per heavy atom. The zero-order valence-electron chi connectivity index (χ0n) is 22.4. The average molecular weight is 541 g/mol. The SMILES string of the molecule is COC=O.COc1ccc(-n2nc(C(F)(F)F)c(CCNCCCCCNC3(C)CCCC3)c2C=O)cc1. The predicted octanol–water partition coefficient (Wildman–Crippen LogP) is 4.73. The number of methoxy groups -OCH3 is 2. The molecular formula is C27H39F3N4O4. The molecule has 2 N–H and O–H groups in total. The number of carbonyl (C=O) groups excluding carboxylic acids is 2. The van der Waals surface area contributed by atoms with Gasteiger partial charge in [-0.2, -0.15) is 18.3 Å². The predicted molar refractivity (Wildman–Crippen MR) is 139 cm³/mol. The van der Waals surface area contributed by atoms with Gasteiger partial charge < -0.3 is 20.1 Å². The first kappa shape index (κ1) is 31.3. The van der Waals surface area contributed by atoms with Gasteiger partial charge in [0.25, 0.3) is 6.47 Å². The Hall–Kier alpha value is -2.92. The normalized spacial score (nSPS) is 14.5. The third kappa shape index (κ3) is 9.43. The van der Waals surface area contributed by atoms with Gasteiger partial charge >= 0.3 is 6.18 Å². The fourth-order valence-corrected chi connectivity index (χ4v) is 4.59. The van der Waals surface area contributed by atoms with Gasteiger partial charge in [0.05, 0.1) is 19.9 Å². The molecule has 1 saturated carbocycles. The molecule has 3 rings (SSSR count). The first-order valence-corrected chi connectivity index (χ1v) is 12.9. The van der Waals surface area contributed by atoms with E-state index in [0.717, 1.165) is 37.0 Å². The highest BCUT2D eigenvalue weighted by molar-refractivity contribution is 5.76. The molecule has 2 aromatic rings. The molecule has 1 aromatic heterocycles. The highest BCUT2D eigenvalue weighted by Gasteiger charge is 2.39. The molecule has 0 atom stereocenters. The summed E-state index contributed by atoms with van der Waals surface area (Å²) in [6.07, 6.45) is 4.04. The molecule has 1 fully saturated rings. The maximum Gasteiger partial charge on any atom is 0.435 e. The average Bonchev–Trinajstić information content (AvgIpc) is 3.51. The number of nitrogens with one attached hydrogen (secondary N) is 2. The van der Waals surface area contributed by atoms with E-state index in [1.807, 2.05) is 0 Å². The third-order valence-electron chi connectivity index (χ3n) is 6.66. The van der Waals surface area contributed by atoms with Gasteiger partial charge in [-0.1, -0.05) is 19.3 Å². The fourth-order valence-electron chi connectivity index (χ4n) is 4.59. The maximum absolute atomic E-state index is 13.7. The van der Waals surface area contributed by atoms with Gasteiger partial charge in [0.2, 0.25) is 0 Å². The van der Waals surface area contributed by atoms with Gasteiger partial charge in [-0.3, -0.25) is 9.59 Å². The number of unbranched alkanes of at least 4 members (excludes halogenated alkanes) is 2. The van der Waals surface area contributed by atoms with Crippen molar-refractivity contribution in [2.75, 3.05) is 33.9 Å². The molecule has 1 heterocycles. The lowest BCUT2D eigenvalue weighted by molar-refractivity contribution is -0.142. The van der Waals surface area contributed by atoms with E-state index < -0.39 is 11.9 Å². The van der Waals surface area contributed by atoms with Crippen LogP contribution in [0.15, 0.2) is 24.3 Å². The van der Waals surface area contributed by atoms with Crippen LogP contribution in [0.5, 0.6) is 5.75 Å². The van der Waals surface area contributed by atoms with Gasteiger partial charge in [0.15, 0.2) is 12.0 Å². The molecule has 0 aliphatic heterocycles. The summed E-state index contributed by atoms with van der Waals surface area (Å²) in [5.41, 5.74) is -0.516. The van der Waals surface area contributed by atoms with Crippen LogP contribution in [0.3, 0.4) is 0 Å².